The fourth-order valence-corrected chi connectivity index (χ4v) is 3.11. The molecule has 0 spiro atoms. The molecule has 1 aliphatic rings. The molecule has 0 N–H and O–H groups in total. The third-order valence-corrected chi connectivity index (χ3v) is 4.89. The summed E-state index contributed by atoms with van der Waals surface area (Å²) in [6, 6.07) is 12.4. The van der Waals surface area contributed by atoms with Crippen LogP contribution < -0.4 is 10.5 Å². The van der Waals surface area contributed by atoms with E-state index < -0.39 is 0 Å². The minimum Gasteiger partial charge on any atom is -0.367 e. The Morgan fingerprint density at radius 1 is 1.28 bits per heavy atom. The number of aromatic nitrogens is 1. The summed E-state index contributed by atoms with van der Waals surface area (Å²) in [7, 11) is 0. The summed E-state index contributed by atoms with van der Waals surface area (Å²) < 4.78 is 14.8. The van der Waals surface area contributed by atoms with Gasteiger partial charge in [-0.05, 0) is 62.6 Å². The Morgan fingerprint density at radius 2 is 1.96 bits per heavy atom. The van der Waals surface area contributed by atoms with Crippen LogP contribution in [0.2, 0.25) is 0 Å². The lowest BCUT2D eigenvalue weighted by Crippen LogP contribution is -2.28. The molecule has 2 aromatic rings. The first-order chi connectivity index (χ1) is 12.0. The predicted molar refractivity (Wildman–Crippen MR) is 95.8 cm³/mol. The standard InChI is InChI=1S/C20H22FN3O/c1-3-23(18-6-4-17(21)5-7-18)12-16-10-15(2)24(19(25)11-16)14-20(13-22)8-9-20/h4-7,10-11H,3,8-9,12,14H2,1-2H3. The average molecular weight is 339 g/mol. The minimum atomic E-state index is -0.348. The Balaban J connectivity index is 1.82. The molecule has 0 saturated heterocycles. The van der Waals surface area contributed by atoms with Crippen LogP contribution in [0.3, 0.4) is 0 Å². The van der Waals surface area contributed by atoms with Gasteiger partial charge >= 0.3 is 0 Å². The van der Waals surface area contributed by atoms with Gasteiger partial charge < -0.3 is 9.47 Å². The number of halogens is 1. The summed E-state index contributed by atoms with van der Waals surface area (Å²) in [5.41, 5.74) is 2.31. The predicted octanol–water partition coefficient (Wildman–Crippen LogP) is 3.63. The topological polar surface area (TPSA) is 49.0 Å². The van der Waals surface area contributed by atoms with E-state index in [-0.39, 0.29) is 16.8 Å². The number of pyridine rings is 1. The maximum absolute atomic E-state index is 13.1. The van der Waals surface area contributed by atoms with Crippen LogP contribution in [0.15, 0.2) is 41.2 Å². The Bertz CT molecular complexity index is 860. The van der Waals surface area contributed by atoms with E-state index in [1.807, 2.05) is 19.9 Å². The lowest BCUT2D eigenvalue weighted by molar-refractivity contribution is 0.505. The zero-order chi connectivity index (χ0) is 18.0. The Labute approximate surface area is 147 Å². The molecule has 0 radical (unpaired) electrons. The molecule has 4 nitrogen and oxygen atoms in total. The fraction of sp³-hybridized carbons (Fsp3) is 0.400. The van der Waals surface area contributed by atoms with Gasteiger partial charge in [-0.3, -0.25) is 4.79 Å². The fourth-order valence-electron chi connectivity index (χ4n) is 3.11. The van der Waals surface area contributed by atoms with Crippen molar-refractivity contribution in [3.05, 3.63) is 63.8 Å². The first kappa shape index (κ1) is 17.2. The lowest BCUT2D eigenvalue weighted by atomic mass is 10.1. The van der Waals surface area contributed by atoms with Gasteiger partial charge in [0.15, 0.2) is 0 Å². The van der Waals surface area contributed by atoms with Gasteiger partial charge in [0.25, 0.3) is 5.56 Å². The monoisotopic (exact) mass is 339 g/mol. The minimum absolute atomic E-state index is 0.0633. The molecule has 1 aromatic carbocycles. The van der Waals surface area contributed by atoms with Crippen LogP contribution in [0, 0.1) is 29.5 Å². The Kier molecular flexibility index (Phi) is 4.63. The number of nitriles is 1. The van der Waals surface area contributed by atoms with Crippen LogP contribution in [0.5, 0.6) is 0 Å². The van der Waals surface area contributed by atoms with Gasteiger partial charge in [-0.25, -0.2) is 4.39 Å². The van der Waals surface area contributed by atoms with E-state index in [9.17, 15) is 14.4 Å². The molecule has 3 rings (SSSR count). The van der Waals surface area contributed by atoms with Gasteiger partial charge in [0, 0.05) is 37.1 Å². The first-order valence-electron chi connectivity index (χ1n) is 8.58. The van der Waals surface area contributed by atoms with Crippen LogP contribution in [-0.4, -0.2) is 11.1 Å². The van der Waals surface area contributed by atoms with Crippen molar-refractivity contribution in [1.82, 2.24) is 4.57 Å². The number of hydrogen-bond donors (Lipinski definition) is 0. The van der Waals surface area contributed by atoms with Crippen LogP contribution in [0.1, 0.15) is 31.0 Å². The van der Waals surface area contributed by atoms with Crippen molar-refractivity contribution in [2.75, 3.05) is 11.4 Å². The molecule has 130 valence electrons. The van der Waals surface area contributed by atoms with Crippen molar-refractivity contribution in [2.45, 2.75) is 39.8 Å². The van der Waals surface area contributed by atoms with Crippen LogP contribution >= 0.6 is 0 Å². The lowest BCUT2D eigenvalue weighted by Gasteiger charge is -2.24. The molecular weight excluding hydrogens is 317 g/mol. The molecule has 0 unspecified atom stereocenters. The molecule has 0 amide bonds. The molecule has 1 heterocycles. The second-order valence-electron chi connectivity index (χ2n) is 6.81. The average Bonchev–Trinajstić information content (AvgIpc) is 3.37. The quantitative estimate of drug-likeness (QED) is 0.807. The number of hydrogen-bond acceptors (Lipinski definition) is 3. The molecule has 0 atom stereocenters. The third-order valence-electron chi connectivity index (χ3n) is 4.89. The highest BCUT2D eigenvalue weighted by Gasteiger charge is 2.43. The maximum Gasteiger partial charge on any atom is 0.251 e. The Morgan fingerprint density at radius 3 is 2.48 bits per heavy atom. The molecule has 1 aliphatic carbocycles. The van der Waals surface area contributed by atoms with E-state index in [0.717, 1.165) is 36.3 Å². The van der Waals surface area contributed by atoms with E-state index in [2.05, 4.69) is 11.0 Å². The zero-order valence-electron chi connectivity index (χ0n) is 14.6. The van der Waals surface area contributed by atoms with Gasteiger partial charge in [-0.1, -0.05) is 0 Å². The summed E-state index contributed by atoms with van der Waals surface area (Å²) in [5, 5.41) is 9.25. The van der Waals surface area contributed by atoms with Crippen LogP contribution in [0.4, 0.5) is 10.1 Å². The van der Waals surface area contributed by atoms with Crippen molar-refractivity contribution >= 4 is 5.69 Å². The second-order valence-corrected chi connectivity index (χ2v) is 6.81. The number of nitrogens with zero attached hydrogens (tertiary/aromatic N) is 3. The normalized spacial score (nSPS) is 14.8. The largest absolute Gasteiger partial charge is 0.367 e. The summed E-state index contributed by atoms with van der Waals surface area (Å²) >= 11 is 0. The third kappa shape index (κ3) is 3.74. The van der Waals surface area contributed by atoms with E-state index in [0.29, 0.717) is 13.1 Å². The van der Waals surface area contributed by atoms with Gasteiger partial charge in [0.1, 0.15) is 5.82 Å². The Hall–Kier alpha value is -2.61. The number of rotatable bonds is 6. The summed E-state index contributed by atoms with van der Waals surface area (Å²) in [5.74, 6) is -0.259. The van der Waals surface area contributed by atoms with E-state index in [1.165, 1.54) is 12.1 Å². The van der Waals surface area contributed by atoms with E-state index in [1.54, 1.807) is 22.8 Å². The molecule has 1 fully saturated rings. The second kappa shape index (κ2) is 6.72. The number of benzene rings is 1. The highest BCUT2D eigenvalue weighted by molar-refractivity contribution is 5.46. The molecule has 1 aromatic heterocycles. The summed E-state index contributed by atoms with van der Waals surface area (Å²) in [6.07, 6.45) is 1.73. The molecular formula is C20H22FN3O. The van der Waals surface area contributed by atoms with Crippen molar-refractivity contribution in [2.24, 2.45) is 5.41 Å². The van der Waals surface area contributed by atoms with Gasteiger partial charge in [0.05, 0.1) is 11.5 Å². The van der Waals surface area contributed by atoms with Gasteiger partial charge in [-0.2, -0.15) is 5.26 Å². The first-order valence-corrected chi connectivity index (χ1v) is 8.58. The maximum atomic E-state index is 13.1. The number of anilines is 1. The SMILES string of the molecule is CCN(Cc1cc(C)n(CC2(C#N)CC2)c(=O)c1)c1ccc(F)cc1. The van der Waals surface area contributed by atoms with Crippen LogP contribution in [-0.2, 0) is 13.1 Å². The molecule has 25 heavy (non-hydrogen) atoms. The summed E-state index contributed by atoms with van der Waals surface area (Å²) in [6.45, 7) is 5.76. The highest BCUT2D eigenvalue weighted by atomic mass is 19.1. The summed E-state index contributed by atoms with van der Waals surface area (Å²) in [4.78, 5) is 14.6. The molecule has 1 saturated carbocycles. The zero-order valence-corrected chi connectivity index (χ0v) is 14.6. The van der Waals surface area contributed by atoms with Gasteiger partial charge in [0.2, 0.25) is 0 Å². The highest BCUT2D eigenvalue weighted by Crippen LogP contribution is 2.46. The van der Waals surface area contributed by atoms with Crippen molar-refractivity contribution in [3.63, 3.8) is 0 Å². The van der Waals surface area contributed by atoms with Crippen molar-refractivity contribution in [1.29, 1.82) is 5.26 Å². The smallest absolute Gasteiger partial charge is 0.251 e. The van der Waals surface area contributed by atoms with Crippen molar-refractivity contribution in [3.8, 4) is 6.07 Å². The van der Waals surface area contributed by atoms with Crippen LogP contribution in [0.25, 0.3) is 0 Å². The molecule has 0 aliphatic heterocycles. The number of aryl methyl sites for hydroxylation is 1. The molecule has 5 heteroatoms. The van der Waals surface area contributed by atoms with Gasteiger partial charge in [-0.15, -0.1) is 0 Å². The van der Waals surface area contributed by atoms with Crippen molar-refractivity contribution < 1.29 is 4.39 Å². The van der Waals surface area contributed by atoms with E-state index >= 15 is 0 Å². The van der Waals surface area contributed by atoms with E-state index in [4.69, 9.17) is 0 Å². The molecule has 0 bridgehead atoms.